The molecule has 4 nitrogen and oxygen atoms in total. The predicted molar refractivity (Wildman–Crippen MR) is 74.6 cm³/mol. The van der Waals surface area contributed by atoms with Gasteiger partial charge >= 0.3 is 11.9 Å². The average Bonchev–Trinajstić information content (AvgIpc) is 2.57. The summed E-state index contributed by atoms with van der Waals surface area (Å²) in [5.41, 5.74) is 0.130. The van der Waals surface area contributed by atoms with E-state index in [1.54, 1.807) is 23.5 Å². The van der Waals surface area contributed by atoms with Crippen molar-refractivity contribution in [2.75, 3.05) is 17.3 Å². The molecule has 2 unspecified atom stereocenters. The fourth-order valence-electron chi connectivity index (χ4n) is 1.21. The summed E-state index contributed by atoms with van der Waals surface area (Å²) in [5.74, 6) is 1.82. The highest BCUT2D eigenvalue weighted by molar-refractivity contribution is 8.03. The highest BCUT2D eigenvalue weighted by Gasteiger charge is 2.24. The minimum atomic E-state index is -0.886. The van der Waals surface area contributed by atoms with E-state index in [4.69, 9.17) is 9.47 Å². The zero-order valence-corrected chi connectivity index (χ0v) is 12.3. The molecule has 1 aliphatic heterocycles. The van der Waals surface area contributed by atoms with E-state index in [0.717, 1.165) is 23.7 Å². The van der Waals surface area contributed by atoms with Gasteiger partial charge in [-0.05, 0) is 31.8 Å². The summed E-state index contributed by atoms with van der Waals surface area (Å²) < 4.78 is 10.2. The Morgan fingerprint density at radius 2 is 2.11 bits per heavy atom. The van der Waals surface area contributed by atoms with Crippen molar-refractivity contribution >= 4 is 35.5 Å². The second kappa shape index (κ2) is 7.74. The van der Waals surface area contributed by atoms with Crippen molar-refractivity contribution in [2.24, 2.45) is 0 Å². The third kappa shape index (κ3) is 5.35. The Balaban J connectivity index is 2.38. The van der Waals surface area contributed by atoms with Gasteiger partial charge in [-0.15, -0.1) is 11.8 Å². The van der Waals surface area contributed by atoms with Crippen LogP contribution in [-0.4, -0.2) is 40.7 Å². The topological polar surface area (TPSA) is 52.6 Å². The van der Waals surface area contributed by atoms with Crippen molar-refractivity contribution in [1.82, 2.24) is 0 Å². The normalized spacial score (nSPS) is 21.6. The Bertz CT molecular complexity index is 322. The number of carbonyl (C=O) groups is 2. The van der Waals surface area contributed by atoms with Gasteiger partial charge in [0.2, 0.25) is 0 Å². The fourth-order valence-corrected chi connectivity index (χ4v) is 3.57. The zero-order chi connectivity index (χ0) is 13.5. The maximum Gasteiger partial charge on any atom is 0.348 e. The third-order valence-electron chi connectivity index (χ3n) is 2.20. The minimum Gasteiger partial charge on any atom is -0.448 e. The number of rotatable bonds is 4. The molecule has 0 bridgehead atoms. The van der Waals surface area contributed by atoms with Crippen LogP contribution in [0.4, 0.5) is 0 Å². The van der Waals surface area contributed by atoms with Crippen LogP contribution in [0.15, 0.2) is 12.2 Å². The van der Waals surface area contributed by atoms with Crippen LogP contribution in [0.1, 0.15) is 20.3 Å². The first-order valence-electron chi connectivity index (χ1n) is 5.77. The molecule has 0 aromatic rings. The van der Waals surface area contributed by atoms with Gasteiger partial charge in [0.25, 0.3) is 0 Å². The average molecular weight is 290 g/mol. The number of esters is 2. The molecular formula is C12H18O4S2. The van der Waals surface area contributed by atoms with Gasteiger partial charge in [-0.25, -0.2) is 9.59 Å². The molecule has 1 rings (SSSR count). The van der Waals surface area contributed by atoms with Gasteiger partial charge in [-0.1, -0.05) is 6.58 Å². The van der Waals surface area contributed by atoms with Gasteiger partial charge in [-0.2, -0.15) is 11.8 Å². The Labute approximate surface area is 116 Å². The summed E-state index contributed by atoms with van der Waals surface area (Å²) in [6.07, 6.45) is 0.242. The smallest absolute Gasteiger partial charge is 0.348 e. The van der Waals surface area contributed by atoms with Crippen LogP contribution in [-0.2, 0) is 19.1 Å². The van der Waals surface area contributed by atoms with E-state index in [1.165, 1.54) is 13.8 Å². The second-order valence-electron chi connectivity index (χ2n) is 3.99. The molecule has 1 heterocycles. The number of hydrogen-bond donors (Lipinski definition) is 0. The SMILES string of the molecule is C=C(C)C(=O)OC(C)C(=O)OC1CSCCCS1. The summed E-state index contributed by atoms with van der Waals surface area (Å²) in [5, 5.41) is 0. The fraction of sp³-hybridized carbons (Fsp3) is 0.667. The van der Waals surface area contributed by atoms with Gasteiger partial charge in [-0.3, -0.25) is 0 Å². The molecule has 1 aliphatic rings. The lowest BCUT2D eigenvalue weighted by atomic mass is 10.3. The monoisotopic (exact) mass is 290 g/mol. The van der Waals surface area contributed by atoms with Crippen LogP contribution < -0.4 is 0 Å². The Morgan fingerprint density at radius 3 is 2.78 bits per heavy atom. The van der Waals surface area contributed by atoms with Crippen molar-refractivity contribution in [1.29, 1.82) is 0 Å². The summed E-state index contributed by atoms with van der Waals surface area (Å²) in [6.45, 7) is 6.51. The molecule has 0 aromatic carbocycles. The first-order chi connectivity index (χ1) is 8.50. The number of ether oxygens (including phenoxy) is 2. The molecule has 1 saturated heterocycles. The summed E-state index contributed by atoms with van der Waals surface area (Å²) in [6, 6.07) is 0. The maximum atomic E-state index is 11.7. The van der Waals surface area contributed by atoms with Crippen molar-refractivity contribution < 1.29 is 19.1 Å². The molecule has 6 heteroatoms. The first-order valence-corrected chi connectivity index (χ1v) is 7.97. The highest BCUT2D eigenvalue weighted by atomic mass is 32.2. The van der Waals surface area contributed by atoms with Gasteiger partial charge in [0.05, 0.1) is 0 Å². The molecule has 102 valence electrons. The van der Waals surface area contributed by atoms with Crippen LogP contribution >= 0.6 is 23.5 Å². The Morgan fingerprint density at radius 1 is 1.39 bits per heavy atom. The largest absolute Gasteiger partial charge is 0.448 e. The number of thioether (sulfide) groups is 2. The molecule has 0 saturated carbocycles. The minimum absolute atomic E-state index is 0.143. The van der Waals surface area contributed by atoms with Crippen molar-refractivity contribution in [3.8, 4) is 0 Å². The van der Waals surface area contributed by atoms with E-state index < -0.39 is 18.0 Å². The molecule has 0 radical (unpaired) electrons. The lowest BCUT2D eigenvalue weighted by Crippen LogP contribution is -2.30. The summed E-state index contributed by atoms with van der Waals surface area (Å²) >= 11 is 3.41. The van der Waals surface area contributed by atoms with Gasteiger partial charge in [0.1, 0.15) is 0 Å². The van der Waals surface area contributed by atoms with Crippen LogP contribution in [0.2, 0.25) is 0 Å². The second-order valence-corrected chi connectivity index (χ2v) is 6.41. The molecule has 0 spiro atoms. The van der Waals surface area contributed by atoms with E-state index in [9.17, 15) is 9.59 Å². The summed E-state index contributed by atoms with van der Waals surface area (Å²) in [7, 11) is 0. The van der Waals surface area contributed by atoms with Crippen LogP contribution in [0.25, 0.3) is 0 Å². The Kier molecular flexibility index (Phi) is 6.63. The number of carbonyl (C=O) groups excluding carboxylic acids is 2. The van der Waals surface area contributed by atoms with Crippen LogP contribution in [0.5, 0.6) is 0 Å². The van der Waals surface area contributed by atoms with Gasteiger partial charge in [0.15, 0.2) is 11.5 Å². The lowest BCUT2D eigenvalue weighted by Gasteiger charge is -2.18. The van der Waals surface area contributed by atoms with E-state index in [1.807, 2.05) is 0 Å². The predicted octanol–water partition coefficient (Wildman–Crippen LogP) is 2.23. The third-order valence-corrected chi connectivity index (χ3v) is 4.69. The van der Waals surface area contributed by atoms with E-state index in [-0.39, 0.29) is 11.0 Å². The van der Waals surface area contributed by atoms with Gasteiger partial charge in [0, 0.05) is 11.3 Å². The molecule has 0 aliphatic carbocycles. The van der Waals surface area contributed by atoms with Crippen molar-refractivity contribution in [3.63, 3.8) is 0 Å². The molecule has 0 aromatic heterocycles. The van der Waals surface area contributed by atoms with E-state index in [2.05, 4.69) is 6.58 Å². The molecular weight excluding hydrogens is 272 g/mol. The molecule has 2 atom stereocenters. The Hall–Kier alpha value is -0.620. The first kappa shape index (κ1) is 15.4. The maximum absolute atomic E-state index is 11.7. The van der Waals surface area contributed by atoms with E-state index in [0.29, 0.717) is 0 Å². The van der Waals surface area contributed by atoms with Crippen LogP contribution in [0.3, 0.4) is 0 Å². The highest BCUT2D eigenvalue weighted by Crippen LogP contribution is 2.24. The molecule has 0 N–H and O–H groups in total. The van der Waals surface area contributed by atoms with Crippen molar-refractivity contribution in [3.05, 3.63) is 12.2 Å². The zero-order valence-electron chi connectivity index (χ0n) is 10.6. The number of hydrogen-bond acceptors (Lipinski definition) is 6. The van der Waals surface area contributed by atoms with Crippen molar-refractivity contribution in [2.45, 2.75) is 31.8 Å². The molecule has 1 fully saturated rings. The molecule has 18 heavy (non-hydrogen) atoms. The summed E-state index contributed by atoms with van der Waals surface area (Å²) in [4.78, 5) is 23.0. The van der Waals surface area contributed by atoms with E-state index >= 15 is 0 Å². The van der Waals surface area contributed by atoms with Gasteiger partial charge < -0.3 is 9.47 Å². The quantitative estimate of drug-likeness (QED) is 0.584. The standard InChI is InChI=1S/C12H18O4S2/c1-8(2)11(13)15-9(3)12(14)16-10-7-17-5-4-6-18-10/h9-10H,1,4-7H2,2-3H3. The molecule has 0 amide bonds. The lowest BCUT2D eigenvalue weighted by molar-refractivity contribution is -0.164. The van der Waals surface area contributed by atoms with Crippen LogP contribution in [0, 0.1) is 0 Å².